The first-order chi connectivity index (χ1) is 7.68. The summed E-state index contributed by atoms with van der Waals surface area (Å²) in [6.45, 7) is 0. The molecule has 0 saturated carbocycles. The molecule has 1 atom stereocenters. The van der Waals surface area contributed by atoms with Gasteiger partial charge in [-0.15, -0.1) is 36.9 Å². The van der Waals surface area contributed by atoms with Crippen molar-refractivity contribution in [3.63, 3.8) is 0 Å². The lowest BCUT2D eigenvalue weighted by Gasteiger charge is -2.12. The zero-order valence-corrected chi connectivity index (χ0v) is 11.0. The maximum Gasteiger partial charge on any atom is 0.0846 e. The van der Waals surface area contributed by atoms with Gasteiger partial charge in [-0.25, -0.2) is 0 Å². The maximum atomic E-state index is 6.42. The Bertz CT molecular complexity index is 480. The Hall–Kier alpha value is -0.570. The molecule has 0 radical (unpaired) electrons. The van der Waals surface area contributed by atoms with E-state index < -0.39 is 0 Å². The van der Waals surface area contributed by atoms with E-state index in [4.69, 9.17) is 11.6 Å². The Morgan fingerprint density at radius 1 is 0.875 bits per heavy atom. The van der Waals surface area contributed by atoms with Gasteiger partial charge in [-0.05, 0) is 29.3 Å². The Balaban J connectivity index is 2.35. The maximum absolute atomic E-state index is 6.42. The van der Waals surface area contributed by atoms with Gasteiger partial charge in [0, 0.05) is 9.79 Å². The molecule has 0 aliphatic heterocycles. The van der Waals surface area contributed by atoms with Crippen LogP contribution in [-0.4, -0.2) is 0 Å². The van der Waals surface area contributed by atoms with Gasteiger partial charge in [0.15, 0.2) is 0 Å². The molecule has 2 aromatic rings. The average Bonchev–Trinajstić information content (AvgIpc) is 2.30. The molecule has 0 N–H and O–H groups in total. The summed E-state index contributed by atoms with van der Waals surface area (Å²) in [7, 11) is 0. The van der Waals surface area contributed by atoms with Crippen molar-refractivity contribution < 1.29 is 0 Å². The zero-order chi connectivity index (χ0) is 11.5. The topological polar surface area (TPSA) is 0 Å². The highest BCUT2D eigenvalue weighted by Crippen LogP contribution is 2.32. The van der Waals surface area contributed by atoms with Crippen LogP contribution in [0.1, 0.15) is 16.5 Å². The molecular formula is C13H11ClS2. The molecule has 0 amide bonds. The van der Waals surface area contributed by atoms with Crippen molar-refractivity contribution in [1.29, 1.82) is 0 Å². The smallest absolute Gasteiger partial charge is 0.0846 e. The summed E-state index contributed by atoms with van der Waals surface area (Å²) in [6, 6.07) is 15.7. The number of thiol groups is 2. The van der Waals surface area contributed by atoms with E-state index in [-0.39, 0.29) is 5.38 Å². The molecule has 2 rings (SSSR count). The zero-order valence-electron chi connectivity index (χ0n) is 8.47. The third kappa shape index (κ3) is 2.57. The summed E-state index contributed by atoms with van der Waals surface area (Å²) in [6.07, 6.45) is 0. The molecule has 2 aromatic carbocycles. The fraction of sp³-hybridized carbons (Fsp3) is 0.0769. The molecule has 3 heteroatoms. The lowest BCUT2D eigenvalue weighted by Crippen LogP contribution is -1.94. The number of rotatable bonds is 2. The van der Waals surface area contributed by atoms with E-state index in [0.717, 1.165) is 20.9 Å². The van der Waals surface area contributed by atoms with Gasteiger partial charge in [0.1, 0.15) is 0 Å². The Morgan fingerprint density at radius 3 is 2.12 bits per heavy atom. The molecule has 0 saturated heterocycles. The van der Waals surface area contributed by atoms with E-state index >= 15 is 0 Å². The summed E-state index contributed by atoms with van der Waals surface area (Å²) in [5, 5.41) is -0.164. The van der Waals surface area contributed by atoms with Crippen LogP contribution in [0.4, 0.5) is 0 Å². The van der Waals surface area contributed by atoms with Gasteiger partial charge in [-0.2, -0.15) is 0 Å². The lowest BCUT2D eigenvalue weighted by atomic mass is 10.0. The standard InChI is InChI=1S/C13H11ClS2/c14-13(9-5-7-10(15)8-6-9)11-3-1-2-4-12(11)16/h1-8,13,15-16H. The van der Waals surface area contributed by atoms with Crippen LogP contribution in [0.2, 0.25) is 0 Å². The molecule has 0 spiro atoms. The Kier molecular flexibility index (Phi) is 3.85. The van der Waals surface area contributed by atoms with Crippen LogP contribution in [0.3, 0.4) is 0 Å². The molecule has 1 unspecified atom stereocenters. The van der Waals surface area contributed by atoms with Crippen LogP contribution in [0.5, 0.6) is 0 Å². The van der Waals surface area contributed by atoms with E-state index in [1.807, 2.05) is 48.5 Å². The minimum Gasteiger partial charge on any atom is -0.143 e. The molecule has 0 nitrogen and oxygen atoms in total. The quantitative estimate of drug-likeness (QED) is 0.576. The van der Waals surface area contributed by atoms with Gasteiger partial charge >= 0.3 is 0 Å². The first-order valence-corrected chi connectivity index (χ1v) is 6.22. The first kappa shape index (κ1) is 11.9. The van der Waals surface area contributed by atoms with Crippen molar-refractivity contribution in [3.05, 3.63) is 59.7 Å². The largest absolute Gasteiger partial charge is 0.143 e. The molecular weight excluding hydrogens is 256 g/mol. The minimum atomic E-state index is -0.164. The van der Waals surface area contributed by atoms with Crippen molar-refractivity contribution in [1.82, 2.24) is 0 Å². The van der Waals surface area contributed by atoms with Crippen LogP contribution >= 0.6 is 36.9 Å². The summed E-state index contributed by atoms with van der Waals surface area (Å²) >= 11 is 15.1. The van der Waals surface area contributed by atoms with Gasteiger partial charge in [-0.1, -0.05) is 30.3 Å². The molecule has 0 aliphatic carbocycles. The lowest BCUT2D eigenvalue weighted by molar-refractivity contribution is 1.08. The normalized spacial score (nSPS) is 12.4. The van der Waals surface area contributed by atoms with E-state index in [1.165, 1.54) is 0 Å². The molecule has 82 valence electrons. The van der Waals surface area contributed by atoms with Gasteiger partial charge in [0.25, 0.3) is 0 Å². The van der Waals surface area contributed by atoms with Crippen molar-refractivity contribution in [3.8, 4) is 0 Å². The van der Waals surface area contributed by atoms with E-state index in [0.29, 0.717) is 0 Å². The highest BCUT2D eigenvalue weighted by molar-refractivity contribution is 7.80. The SMILES string of the molecule is Sc1ccc(C(Cl)c2ccccc2S)cc1. The van der Waals surface area contributed by atoms with Gasteiger partial charge < -0.3 is 0 Å². The average molecular weight is 267 g/mol. The summed E-state index contributed by atoms with van der Waals surface area (Å²) in [5.41, 5.74) is 2.08. The summed E-state index contributed by atoms with van der Waals surface area (Å²) in [4.78, 5) is 1.85. The number of hydrogen-bond acceptors (Lipinski definition) is 2. The van der Waals surface area contributed by atoms with Crippen molar-refractivity contribution >= 4 is 36.9 Å². The fourth-order valence-electron chi connectivity index (χ4n) is 1.52. The number of alkyl halides is 1. The minimum absolute atomic E-state index is 0.164. The van der Waals surface area contributed by atoms with Crippen molar-refractivity contribution in [2.24, 2.45) is 0 Å². The number of benzene rings is 2. The fourth-order valence-corrected chi connectivity index (χ4v) is 2.38. The highest BCUT2D eigenvalue weighted by atomic mass is 35.5. The van der Waals surface area contributed by atoms with Crippen molar-refractivity contribution in [2.45, 2.75) is 15.2 Å². The third-order valence-electron chi connectivity index (χ3n) is 2.40. The summed E-state index contributed by atoms with van der Waals surface area (Å²) in [5.74, 6) is 0. The Labute approximate surface area is 111 Å². The second kappa shape index (κ2) is 5.17. The van der Waals surface area contributed by atoms with Crippen LogP contribution in [0, 0.1) is 0 Å². The Morgan fingerprint density at radius 2 is 1.50 bits per heavy atom. The van der Waals surface area contributed by atoms with Crippen LogP contribution < -0.4 is 0 Å². The van der Waals surface area contributed by atoms with Crippen LogP contribution in [0.25, 0.3) is 0 Å². The van der Waals surface area contributed by atoms with Crippen molar-refractivity contribution in [2.75, 3.05) is 0 Å². The van der Waals surface area contributed by atoms with Crippen LogP contribution in [-0.2, 0) is 0 Å². The third-order valence-corrected chi connectivity index (χ3v) is 3.59. The number of halogens is 1. The predicted octanol–water partition coefficient (Wildman–Crippen LogP) is 4.59. The highest BCUT2D eigenvalue weighted by Gasteiger charge is 2.12. The van der Waals surface area contributed by atoms with Crippen LogP contribution in [0.15, 0.2) is 58.3 Å². The van der Waals surface area contributed by atoms with Gasteiger partial charge in [0.05, 0.1) is 5.38 Å². The molecule has 0 heterocycles. The van der Waals surface area contributed by atoms with E-state index in [9.17, 15) is 0 Å². The van der Waals surface area contributed by atoms with E-state index in [1.54, 1.807) is 0 Å². The van der Waals surface area contributed by atoms with E-state index in [2.05, 4.69) is 25.3 Å². The first-order valence-electron chi connectivity index (χ1n) is 4.89. The van der Waals surface area contributed by atoms with Gasteiger partial charge in [0.2, 0.25) is 0 Å². The predicted molar refractivity (Wildman–Crippen MR) is 75.1 cm³/mol. The molecule has 0 aromatic heterocycles. The van der Waals surface area contributed by atoms with Gasteiger partial charge in [-0.3, -0.25) is 0 Å². The summed E-state index contributed by atoms with van der Waals surface area (Å²) < 4.78 is 0. The second-order valence-electron chi connectivity index (χ2n) is 3.51. The molecule has 16 heavy (non-hydrogen) atoms. The second-order valence-corrected chi connectivity index (χ2v) is 4.95. The molecule has 0 aliphatic rings. The monoisotopic (exact) mass is 266 g/mol. The molecule has 0 bridgehead atoms. The number of hydrogen-bond donors (Lipinski definition) is 2. The molecule has 0 fully saturated rings.